The van der Waals surface area contributed by atoms with Gasteiger partial charge in [-0.3, -0.25) is 4.79 Å². The summed E-state index contributed by atoms with van der Waals surface area (Å²) in [7, 11) is 1.38. The van der Waals surface area contributed by atoms with Crippen molar-refractivity contribution >= 4 is 17.3 Å². The van der Waals surface area contributed by atoms with E-state index in [4.69, 9.17) is 5.73 Å². The second-order valence-electron chi connectivity index (χ2n) is 4.20. The first-order valence-corrected chi connectivity index (χ1v) is 5.68. The predicted molar refractivity (Wildman–Crippen MR) is 69.9 cm³/mol. The maximum Gasteiger partial charge on any atom is 0.258 e. The predicted octanol–water partition coefficient (Wildman–Crippen LogP) is 2.96. The van der Waals surface area contributed by atoms with Crippen LogP contribution in [0, 0.1) is 17.5 Å². The van der Waals surface area contributed by atoms with Crippen LogP contribution in [-0.4, -0.2) is 13.0 Å². The van der Waals surface area contributed by atoms with E-state index in [1.807, 2.05) is 0 Å². The molecule has 1 amide bonds. The van der Waals surface area contributed by atoms with E-state index in [0.29, 0.717) is 0 Å². The molecule has 2 aromatic rings. The molecule has 0 fully saturated rings. The lowest BCUT2D eigenvalue weighted by atomic mass is 10.1. The van der Waals surface area contributed by atoms with Crippen LogP contribution in [0.25, 0.3) is 0 Å². The second kappa shape index (κ2) is 5.24. The second-order valence-corrected chi connectivity index (χ2v) is 4.20. The van der Waals surface area contributed by atoms with Crippen LogP contribution >= 0.6 is 0 Å². The Kier molecular flexibility index (Phi) is 3.65. The van der Waals surface area contributed by atoms with Gasteiger partial charge in [0.05, 0.1) is 0 Å². The van der Waals surface area contributed by atoms with Gasteiger partial charge in [0.2, 0.25) is 0 Å². The summed E-state index contributed by atoms with van der Waals surface area (Å²) in [6.45, 7) is 0. The zero-order chi connectivity index (χ0) is 14.9. The molecular formula is C14H11F3N2O. The standard InChI is InChI=1S/C14H11F3N2O/c1-19(10-4-2-3-9(15)7-10)14(20)8-5-11(16)13(18)12(17)6-8/h2-7H,18H2,1H3. The number of rotatable bonds is 2. The molecule has 0 aromatic heterocycles. The maximum atomic E-state index is 13.3. The quantitative estimate of drug-likeness (QED) is 0.860. The minimum atomic E-state index is -1.01. The molecule has 0 radical (unpaired) electrons. The number of hydrogen-bond acceptors (Lipinski definition) is 2. The topological polar surface area (TPSA) is 46.3 Å². The molecule has 2 rings (SSSR count). The highest BCUT2D eigenvalue weighted by Gasteiger charge is 2.17. The van der Waals surface area contributed by atoms with Crippen LogP contribution in [-0.2, 0) is 0 Å². The summed E-state index contributed by atoms with van der Waals surface area (Å²) in [4.78, 5) is 13.2. The monoisotopic (exact) mass is 280 g/mol. The Bertz CT molecular complexity index is 650. The van der Waals surface area contributed by atoms with Gasteiger partial charge in [-0.2, -0.15) is 0 Å². The number of benzene rings is 2. The molecule has 0 aliphatic heterocycles. The van der Waals surface area contributed by atoms with Gasteiger partial charge in [-0.25, -0.2) is 13.2 Å². The summed E-state index contributed by atoms with van der Waals surface area (Å²) in [5, 5.41) is 0. The highest BCUT2D eigenvalue weighted by Crippen LogP contribution is 2.21. The number of nitrogens with two attached hydrogens (primary N) is 1. The van der Waals surface area contributed by atoms with Crippen molar-refractivity contribution in [2.45, 2.75) is 0 Å². The number of carbonyl (C=O) groups excluding carboxylic acids is 1. The lowest BCUT2D eigenvalue weighted by Crippen LogP contribution is -2.26. The van der Waals surface area contributed by atoms with E-state index < -0.39 is 29.0 Å². The van der Waals surface area contributed by atoms with E-state index in [-0.39, 0.29) is 11.3 Å². The molecule has 2 aromatic carbocycles. The van der Waals surface area contributed by atoms with Crippen LogP contribution in [0.4, 0.5) is 24.5 Å². The van der Waals surface area contributed by atoms with Crippen LogP contribution < -0.4 is 10.6 Å². The van der Waals surface area contributed by atoms with Gasteiger partial charge in [-0.15, -0.1) is 0 Å². The van der Waals surface area contributed by atoms with Gasteiger partial charge < -0.3 is 10.6 Å². The fraction of sp³-hybridized carbons (Fsp3) is 0.0714. The summed E-state index contributed by atoms with van der Waals surface area (Å²) < 4.78 is 39.8. The Hall–Kier alpha value is -2.50. The summed E-state index contributed by atoms with van der Waals surface area (Å²) in [5.74, 6) is -3.22. The molecule has 3 nitrogen and oxygen atoms in total. The summed E-state index contributed by atoms with van der Waals surface area (Å²) in [5.41, 5.74) is 4.55. The normalized spacial score (nSPS) is 10.4. The van der Waals surface area contributed by atoms with E-state index in [9.17, 15) is 18.0 Å². The van der Waals surface area contributed by atoms with Crippen molar-refractivity contribution in [3.05, 3.63) is 59.4 Å². The molecular weight excluding hydrogens is 269 g/mol. The van der Waals surface area contributed by atoms with Crippen LogP contribution in [0.2, 0.25) is 0 Å². The Morgan fingerprint density at radius 3 is 2.25 bits per heavy atom. The minimum Gasteiger partial charge on any atom is -0.394 e. The molecule has 0 spiro atoms. The molecule has 2 N–H and O–H groups in total. The highest BCUT2D eigenvalue weighted by molar-refractivity contribution is 6.05. The molecule has 0 atom stereocenters. The third kappa shape index (κ3) is 2.59. The van der Waals surface area contributed by atoms with Gasteiger partial charge in [0.25, 0.3) is 5.91 Å². The number of halogens is 3. The van der Waals surface area contributed by atoms with Gasteiger partial charge in [-0.05, 0) is 30.3 Å². The van der Waals surface area contributed by atoms with Crippen molar-refractivity contribution in [2.24, 2.45) is 0 Å². The lowest BCUT2D eigenvalue weighted by molar-refractivity contribution is 0.0992. The third-order valence-electron chi connectivity index (χ3n) is 2.83. The number of nitrogens with zero attached hydrogens (tertiary/aromatic N) is 1. The molecule has 0 saturated carbocycles. The first-order valence-electron chi connectivity index (χ1n) is 5.68. The number of amides is 1. The number of carbonyl (C=O) groups is 1. The SMILES string of the molecule is CN(C(=O)c1cc(F)c(N)c(F)c1)c1cccc(F)c1. The molecule has 20 heavy (non-hydrogen) atoms. The maximum absolute atomic E-state index is 13.3. The Labute approximate surface area is 113 Å². The van der Waals surface area contributed by atoms with Gasteiger partial charge >= 0.3 is 0 Å². The first-order chi connectivity index (χ1) is 9.40. The van der Waals surface area contributed by atoms with Gasteiger partial charge in [-0.1, -0.05) is 6.07 Å². The van der Waals surface area contributed by atoms with Crippen molar-refractivity contribution in [1.29, 1.82) is 0 Å². The smallest absolute Gasteiger partial charge is 0.258 e. The molecule has 0 bridgehead atoms. The van der Waals surface area contributed by atoms with E-state index in [2.05, 4.69) is 0 Å². The van der Waals surface area contributed by atoms with Gasteiger partial charge in [0.1, 0.15) is 23.1 Å². The summed E-state index contributed by atoms with van der Waals surface area (Å²) in [6.07, 6.45) is 0. The van der Waals surface area contributed by atoms with Crippen LogP contribution in [0.3, 0.4) is 0 Å². The van der Waals surface area contributed by atoms with Crippen LogP contribution in [0.15, 0.2) is 36.4 Å². The number of anilines is 2. The molecule has 0 aliphatic rings. The summed E-state index contributed by atoms with van der Waals surface area (Å²) in [6, 6.07) is 6.99. The fourth-order valence-electron chi connectivity index (χ4n) is 1.70. The highest BCUT2D eigenvalue weighted by atomic mass is 19.1. The Morgan fingerprint density at radius 1 is 1.10 bits per heavy atom. The Balaban J connectivity index is 2.36. The van der Waals surface area contributed by atoms with E-state index >= 15 is 0 Å². The van der Waals surface area contributed by atoms with E-state index in [0.717, 1.165) is 23.1 Å². The van der Waals surface area contributed by atoms with Crippen molar-refractivity contribution in [1.82, 2.24) is 0 Å². The Morgan fingerprint density at radius 2 is 1.70 bits per heavy atom. The zero-order valence-electron chi connectivity index (χ0n) is 10.5. The van der Waals surface area contributed by atoms with E-state index in [1.54, 1.807) is 0 Å². The molecule has 0 heterocycles. The first kappa shape index (κ1) is 13.9. The summed E-state index contributed by atoms with van der Waals surface area (Å²) >= 11 is 0. The van der Waals surface area contributed by atoms with Crippen molar-refractivity contribution in [3.8, 4) is 0 Å². The largest absolute Gasteiger partial charge is 0.394 e. The van der Waals surface area contributed by atoms with Crippen molar-refractivity contribution in [2.75, 3.05) is 17.7 Å². The molecule has 6 heteroatoms. The van der Waals surface area contributed by atoms with Crippen molar-refractivity contribution in [3.63, 3.8) is 0 Å². The van der Waals surface area contributed by atoms with E-state index in [1.165, 1.54) is 25.2 Å². The van der Waals surface area contributed by atoms with Gasteiger partial charge in [0.15, 0.2) is 0 Å². The molecule has 0 aliphatic carbocycles. The van der Waals surface area contributed by atoms with Crippen LogP contribution in [0.1, 0.15) is 10.4 Å². The van der Waals surface area contributed by atoms with Crippen molar-refractivity contribution < 1.29 is 18.0 Å². The third-order valence-corrected chi connectivity index (χ3v) is 2.83. The molecule has 0 saturated heterocycles. The minimum absolute atomic E-state index is 0.207. The van der Waals surface area contributed by atoms with Crippen LogP contribution in [0.5, 0.6) is 0 Å². The molecule has 104 valence electrons. The molecule has 0 unspecified atom stereocenters. The average molecular weight is 280 g/mol. The number of hydrogen-bond donors (Lipinski definition) is 1. The fourth-order valence-corrected chi connectivity index (χ4v) is 1.70. The number of nitrogen functional groups attached to an aromatic ring is 1. The zero-order valence-corrected chi connectivity index (χ0v) is 10.5. The average Bonchev–Trinajstić information content (AvgIpc) is 2.42. The lowest BCUT2D eigenvalue weighted by Gasteiger charge is -2.17. The van der Waals surface area contributed by atoms with Gasteiger partial charge in [0, 0.05) is 18.3 Å².